The molecule has 1 saturated carbocycles. The molecule has 0 saturated heterocycles. The van der Waals surface area contributed by atoms with Crippen LogP contribution in [0.15, 0.2) is 12.4 Å². The minimum atomic E-state index is -0.516. The molecule has 2 aromatic rings. The van der Waals surface area contributed by atoms with E-state index in [1.807, 2.05) is 6.92 Å². The molecule has 2 atom stereocenters. The fourth-order valence-corrected chi connectivity index (χ4v) is 3.10. The van der Waals surface area contributed by atoms with Crippen LogP contribution < -0.4 is 11.1 Å². The Kier molecular flexibility index (Phi) is 3.98. The predicted octanol–water partition coefficient (Wildman–Crippen LogP) is 1.27. The van der Waals surface area contributed by atoms with Gasteiger partial charge < -0.3 is 16.2 Å². The predicted molar refractivity (Wildman–Crippen MR) is 83.6 cm³/mol. The lowest BCUT2D eigenvalue weighted by atomic mass is 9.92. The molecule has 1 amide bonds. The van der Waals surface area contributed by atoms with Gasteiger partial charge in [-0.2, -0.15) is 5.10 Å². The summed E-state index contributed by atoms with van der Waals surface area (Å²) in [6, 6.07) is 0.123. The summed E-state index contributed by atoms with van der Waals surface area (Å²) in [7, 11) is 0. The van der Waals surface area contributed by atoms with E-state index in [4.69, 9.17) is 5.73 Å². The van der Waals surface area contributed by atoms with E-state index >= 15 is 0 Å². The fourth-order valence-electron chi connectivity index (χ4n) is 3.10. The van der Waals surface area contributed by atoms with Crippen LogP contribution in [0.3, 0.4) is 0 Å². The molecule has 7 heteroatoms. The summed E-state index contributed by atoms with van der Waals surface area (Å²) in [5.41, 5.74) is 7.25. The standard InChI is InChI=1S/C15H21N5O2/c1-2-20-15-12(8-18-20)13(11(7-17-15)14(16)22)19-9-4-3-5-10(21)6-9/h7-10,21H,2-6H2,1H3,(H2,16,22)(H,17,19)/t9?,10-/m1/s1. The van der Waals surface area contributed by atoms with Crippen molar-refractivity contribution in [1.29, 1.82) is 0 Å². The second-order valence-electron chi connectivity index (χ2n) is 5.77. The number of nitrogens with one attached hydrogen (secondary N) is 1. The molecule has 1 aliphatic carbocycles. The molecule has 118 valence electrons. The van der Waals surface area contributed by atoms with Gasteiger partial charge in [0.05, 0.1) is 28.9 Å². The zero-order valence-electron chi connectivity index (χ0n) is 12.6. The highest BCUT2D eigenvalue weighted by atomic mass is 16.3. The minimum absolute atomic E-state index is 0.123. The molecule has 1 unspecified atom stereocenters. The number of rotatable bonds is 4. The summed E-state index contributed by atoms with van der Waals surface area (Å²) in [4.78, 5) is 16.0. The van der Waals surface area contributed by atoms with Crippen LogP contribution in [0, 0.1) is 0 Å². The first-order valence-electron chi connectivity index (χ1n) is 7.69. The van der Waals surface area contributed by atoms with Gasteiger partial charge in [-0.3, -0.25) is 4.79 Å². The zero-order valence-corrected chi connectivity index (χ0v) is 12.6. The number of aliphatic hydroxyl groups excluding tert-OH is 1. The Labute approximate surface area is 128 Å². The van der Waals surface area contributed by atoms with Crippen LogP contribution in [-0.4, -0.2) is 37.9 Å². The maximum absolute atomic E-state index is 11.7. The smallest absolute Gasteiger partial charge is 0.252 e. The van der Waals surface area contributed by atoms with Crippen LogP contribution in [0.1, 0.15) is 43.0 Å². The maximum atomic E-state index is 11.7. The van der Waals surface area contributed by atoms with E-state index in [0.29, 0.717) is 24.2 Å². The van der Waals surface area contributed by atoms with Crippen molar-refractivity contribution in [1.82, 2.24) is 14.8 Å². The van der Waals surface area contributed by atoms with Gasteiger partial charge in [0.1, 0.15) is 0 Å². The highest BCUT2D eigenvalue weighted by molar-refractivity contribution is 6.05. The average molecular weight is 303 g/mol. The highest BCUT2D eigenvalue weighted by Gasteiger charge is 2.23. The van der Waals surface area contributed by atoms with Crippen LogP contribution in [0.4, 0.5) is 5.69 Å². The van der Waals surface area contributed by atoms with E-state index in [1.165, 1.54) is 6.20 Å². The normalized spacial score (nSPS) is 21.9. The Morgan fingerprint density at radius 1 is 1.50 bits per heavy atom. The molecule has 1 aliphatic rings. The largest absolute Gasteiger partial charge is 0.393 e. The highest BCUT2D eigenvalue weighted by Crippen LogP contribution is 2.29. The third kappa shape index (κ3) is 2.64. The number of amides is 1. The van der Waals surface area contributed by atoms with Crippen molar-refractivity contribution in [2.24, 2.45) is 5.73 Å². The number of aliphatic hydroxyl groups is 1. The van der Waals surface area contributed by atoms with Gasteiger partial charge in [-0.15, -0.1) is 0 Å². The minimum Gasteiger partial charge on any atom is -0.393 e. The summed E-state index contributed by atoms with van der Waals surface area (Å²) in [6.45, 7) is 2.69. The number of hydrogen-bond acceptors (Lipinski definition) is 5. The number of aryl methyl sites for hydroxylation is 1. The summed E-state index contributed by atoms with van der Waals surface area (Å²) in [5.74, 6) is -0.516. The molecule has 0 bridgehead atoms. The number of pyridine rings is 1. The molecule has 2 aromatic heterocycles. The molecule has 22 heavy (non-hydrogen) atoms. The van der Waals surface area contributed by atoms with Crippen molar-refractivity contribution in [2.45, 2.75) is 51.3 Å². The summed E-state index contributed by atoms with van der Waals surface area (Å²) in [5, 5.41) is 18.3. The quantitative estimate of drug-likeness (QED) is 0.788. The van der Waals surface area contributed by atoms with Crippen LogP contribution in [-0.2, 0) is 6.54 Å². The van der Waals surface area contributed by atoms with Crippen LogP contribution >= 0.6 is 0 Å². The van der Waals surface area contributed by atoms with Gasteiger partial charge in [-0.25, -0.2) is 9.67 Å². The first-order chi connectivity index (χ1) is 10.6. The second kappa shape index (κ2) is 5.92. The number of hydrogen-bond donors (Lipinski definition) is 3. The van der Waals surface area contributed by atoms with Crippen molar-refractivity contribution in [3.05, 3.63) is 18.0 Å². The molecular formula is C15H21N5O2. The van der Waals surface area contributed by atoms with Crippen LogP contribution in [0.2, 0.25) is 0 Å². The van der Waals surface area contributed by atoms with E-state index in [9.17, 15) is 9.90 Å². The van der Waals surface area contributed by atoms with E-state index in [0.717, 1.165) is 30.3 Å². The first kappa shape index (κ1) is 14.8. The Bertz CT molecular complexity index is 697. The van der Waals surface area contributed by atoms with Crippen molar-refractivity contribution < 1.29 is 9.90 Å². The first-order valence-corrected chi connectivity index (χ1v) is 7.69. The van der Waals surface area contributed by atoms with Crippen LogP contribution in [0.5, 0.6) is 0 Å². The molecule has 1 fully saturated rings. The summed E-state index contributed by atoms with van der Waals surface area (Å²) >= 11 is 0. The lowest BCUT2D eigenvalue weighted by molar-refractivity contribution is 0.100. The van der Waals surface area contributed by atoms with E-state index in [-0.39, 0.29) is 12.1 Å². The number of primary amides is 1. The monoisotopic (exact) mass is 303 g/mol. The molecule has 0 spiro atoms. The van der Waals surface area contributed by atoms with Gasteiger partial charge in [-0.05, 0) is 32.6 Å². The SMILES string of the molecule is CCn1ncc2c(NC3CCC[C@@H](O)C3)c(C(N)=O)cnc21. The lowest BCUT2D eigenvalue weighted by Gasteiger charge is -2.28. The van der Waals surface area contributed by atoms with Gasteiger partial charge in [0.15, 0.2) is 5.65 Å². The Morgan fingerprint density at radius 3 is 3.00 bits per heavy atom. The number of carbonyl (C=O) groups is 1. The number of carbonyl (C=O) groups excluding carboxylic acids is 1. The summed E-state index contributed by atoms with van der Waals surface area (Å²) in [6.07, 6.45) is 6.34. The third-order valence-corrected chi connectivity index (χ3v) is 4.23. The topological polar surface area (TPSA) is 106 Å². The van der Waals surface area contributed by atoms with Crippen molar-refractivity contribution in [3.63, 3.8) is 0 Å². The maximum Gasteiger partial charge on any atom is 0.252 e. The summed E-state index contributed by atoms with van der Waals surface area (Å²) < 4.78 is 1.78. The number of aromatic nitrogens is 3. The van der Waals surface area contributed by atoms with Gasteiger partial charge in [0.2, 0.25) is 0 Å². The van der Waals surface area contributed by atoms with E-state index in [2.05, 4.69) is 15.4 Å². The second-order valence-corrected chi connectivity index (χ2v) is 5.77. The van der Waals surface area contributed by atoms with Crippen molar-refractivity contribution >= 4 is 22.6 Å². The Hall–Kier alpha value is -2.15. The average Bonchev–Trinajstić information content (AvgIpc) is 2.90. The molecule has 0 aliphatic heterocycles. The van der Waals surface area contributed by atoms with Crippen LogP contribution in [0.25, 0.3) is 11.0 Å². The molecule has 7 nitrogen and oxygen atoms in total. The van der Waals surface area contributed by atoms with Crippen molar-refractivity contribution in [2.75, 3.05) is 5.32 Å². The Morgan fingerprint density at radius 2 is 2.32 bits per heavy atom. The molecule has 4 N–H and O–H groups in total. The number of anilines is 1. The van der Waals surface area contributed by atoms with Crippen molar-refractivity contribution in [3.8, 4) is 0 Å². The van der Waals surface area contributed by atoms with E-state index < -0.39 is 5.91 Å². The van der Waals surface area contributed by atoms with E-state index in [1.54, 1.807) is 10.9 Å². The number of nitrogens with two attached hydrogens (primary N) is 1. The fraction of sp³-hybridized carbons (Fsp3) is 0.533. The molecular weight excluding hydrogens is 282 g/mol. The van der Waals surface area contributed by atoms with Gasteiger partial charge in [-0.1, -0.05) is 0 Å². The molecule has 3 rings (SSSR count). The van der Waals surface area contributed by atoms with Gasteiger partial charge in [0.25, 0.3) is 5.91 Å². The Balaban J connectivity index is 2.02. The molecule has 0 radical (unpaired) electrons. The molecule has 2 heterocycles. The lowest BCUT2D eigenvalue weighted by Crippen LogP contribution is -2.31. The number of fused-ring (bicyclic) bond motifs is 1. The van der Waals surface area contributed by atoms with Gasteiger partial charge >= 0.3 is 0 Å². The number of nitrogens with zero attached hydrogens (tertiary/aromatic N) is 3. The zero-order chi connectivity index (χ0) is 15.7. The van der Waals surface area contributed by atoms with Gasteiger partial charge in [0, 0.05) is 18.8 Å². The third-order valence-electron chi connectivity index (χ3n) is 4.23. The molecule has 0 aromatic carbocycles.